The lowest BCUT2D eigenvalue weighted by molar-refractivity contribution is 0.673. The maximum Gasteiger partial charge on any atom is 0.0562 e. The van der Waals surface area contributed by atoms with E-state index in [9.17, 15) is 4.21 Å². The Morgan fingerprint density at radius 1 is 1.47 bits per heavy atom. The van der Waals surface area contributed by atoms with E-state index in [0.29, 0.717) is 0 Å². The van der Waals surface area contributed by atoms with Gasteiger partial charge in [-0.05, 0) is 18.7 Å². The molecule has 0 bridgehead atoms. The molecule has 0 radical (unpaired) electrons. The minimum absolute atomic E-state index is 0.614. The van der Waals surface area contributed by atoms with Gasteiger partial charge in [0.2, 0.25) is 0 Å². The maximum atomic E-state index is 11.3. The maximum absolute atomic E-state index is 11.3. The lowest BCUT2D eigenvalue weighted by Gasteiger charge is -2.28. The zero-order chi connectivity index (χ0) is 12.1. The highest BCUT2D eigenvalue weighted by Gasteiger charge is 2.15. The van der Waals surface area contributed by atoms with Crippen molar-refractivity contribution in [1.29, 1.82) is 0 Å². The second kappa shape index (κ2) is 6.12. The van der Waals surface area contributed by atoms with Crippen LogP contribution in [0.4, 0.5) is 5.69 Å². The molecule has 1 fully saturated rings. The van der Waals surface area contributed by atoms with E-state index in [-0.39, 0.29) is 0 Å². The topological polar surface area (TPSA) is 45.2 Å². The van der Waals surface area contributed by atoms with E-state index in [1.54, 1.807) is 0 Å². The molecule has 2 heterocycles. The molecule has 4 nitrogen and oxygen atoms in total. The summed E-state index contributed by atoms with van der Waals surface area (Å²) in [6, 6.07) is 4.15. The summed E-state index contributed by atoms with van der Waals surface area (Å²) >= 11 is 0. The summed E-state index contributed by atoms with van der Waals surface area (Å²) in [5.74, 6) is 1.57. The van der Waals surface area contributed by atoms with Gasteiger partial charge in [0.05, 0.1) is 5.69 Å². The number of hydrogen-bond acceptors (Lipinski definition) is 4. The van der Waals surface area contributed by atoms with E-state index in [1.807, 2.05) is 12.3 Å². The molecule has 0 saturated carbocycles. The SMILES string of the molecule is CCNCc1cc(N2CCS(=O)CC2)ccn1. The number of pyridine rings is 1. The highest BCUT2D eigenvalue weighted by molar-refractivity contribution is 7.85. The van der Waals surface area contributed by atoms with Gasteiger partial charge in [0.1, 0.15) is 0 Å². The van der Waals surface area contributed by atoms with Crippen LogP contribution in [0.5, 0.6) is 0 Å². The van der Waals surface area contributed by atoms with Crippen LogP contribution < -0.4 is 10.2 Å². The highest BCUT2D eigenvalue weighted by Crippen LogP contribution is 2.16. The molecule has 0 spiro atoms. The molecule has 5 heteroatoms. The van der Waals surface area contributed by atoms with Crippen molar-refractivity contribution in [2.75, 3.05) is 36.0 Å². The van der Waals surface area contributed by atoms with Gasteiger partial charge in [-0.3, -0.25) is 9.19 Å². The Balaban J connectivity index is 2.02. The molecule has 1 aromatic rings. The molecule has 0 unspecified atom stereocenters. The van der Waals surface area contributed by atoms with E-state index >= 15 is 0 Å². The van der Waals surface area contributed by atoms with E-state index in [0.717, 1.165) is 43.4 Å². The Labute approximate surface area is 105 Å². The van der Waals surface area contributed by atoms with Gasteiger partial charge in [-0.15, -0.1) is 0 Å². The van der Waals surface area contributed by atoms with Gasteiger partial charge in [0, 0.05) is 53.8 Å². The number of rotatable bonds is 4. The molecule has 0 atom stereocenters. The van der Waals surface area contributed by atoms with E-state index in [4.69, 9.17) is 0 Å². The van der Waals surface area contributed by atoms with Crippen LogP contribution >= 0.6 is 0 Å². The molecule has 1 saturated heterocycles. The van der Waals surface area contributed by atoms with Crippen molar-refractivity contribution in [3.8, 4) is 0 Å². The normalized spacial score (nSPS) is 17.4. The third kappa shape index (κ3) is 3.51. The number of nitrogens with zero attached hydrogens (tertiary/aromatic N) is 2. The van der Waals surface area contributed by atoms with Crippen LogP contribution in [0.2, 0.25) is 0 Å². The second-order valence-corrected chi connectivity index (χ2v) is 5.82. The molecule has 1 aliphatic heterocycles. The van der Waals surface area contributed by atoms with Gasteiger partial charge in [-0.1, -0.05) is 6.92 Å². The standard InChI is InChI=1S/C12H19N3OS/c1-2-13-10-11-9-12(3-4-14-11)15-5-7-17(16)8-6-15/h3-4,9,13H,2,5-8,10H2,1H3. The second-order valence-electron chi connectivity index (χ2n) is 4.12. The van der Waals surface area contributed by atoms with Crippen molar-refractivity contribution in [1.82, 2.24) is 10.3 Å². The van der Waals surface area contributed by atoms with Crippen LogP contribution in [0.1, 0.15) is 12.6 Å². The highest BCUT2D eigenvalue weighted by atomic mass is 32.2. The number of anilines is 1. The van der Waals surface area contributed by atoms with Gasteiger partial charge in [-0.25, -0.2) is 0 Å². The van der Waals surface area contributed by atoms with Crippen LogP contribution in [-0.2, 0) is 17.3 Å². The van der Waals surface area contributed by atoms with Gasteiger partial charge < -0.3 is 10.2 Å². The zero-order valence-electron chi connectivity index (χ0n) is 10.2. The van der Waals surface area contributed by atoms with Gasteiger partial charge in [-0.2, -0.15) is 0 Å². The summed E-state index contributed by atoms with van der Waals surface area (Å²) in [7, 11) is -0.614. The van der Waals surface area contributed by atoms with Crippen molar-refractivity contribution >= 4 is 16.5 Å². The first-order valence-electron chi connectivity index (χ1n) is 6.05. The van der Waals surface area contributed by atoms with Crippen LogP contribution in [0, 0.1) is 0 Å². The predicted octanol–water partition coefficient (Wildman–Crippen LogP) is 0.760. The fraction of sp³-hybridized carbons (Fsp3) is 0.583. The first kappa shape index (κ1) is 12.5. The lowest BCUT2D eigenvalue weighted by atomic mass is 10.3. The number of nitrogens with one attached hydrogen (secondary N) is 1. The summed E-state index contributed by atoms with van der Waals surface area (Å²) in [5.41, 5.74) is 2.26. The Morgan fingerprint density at radius 3 is 2.94 bits per heavy atom. The smallest absolute Gasteiger partial charge is 0.0562 e. The monoisotopic (exact) mass is 253 g/mol. The molecule has 2 rings (SSSR count). The molecule has 1 N–H and O–H groups in total. The molecular weight excluding hydrogens is 234 g/mol. The van der Waals surface area contributed by atoms with Crippen molar-refractivity contribution in [2.45, 2.75) is 13.5 Å². The van der Waals surface area contributed by atoms with E-state index in [1.165, 1.54) is 5.69 Å². The van der Waals surface area contributed by atoms with Crippen LogP contribution in [0.25, 0.3) is 0 Å². The number of hydrogen-bond donors (Lipinski definition) is 1. The largest absolute Gasteiger partial charge is 0.370 e. The Kier molecular flexibility index (Phi) is 4.50. The van der Waals surface area contributed by atoms with Gasteiger partial charge in [0.15, 0.2) is 0 Å². The first-order chi connectivity index (χ1) is 8.29. The third-order valence-electron chi connectivity index (χ3n) is 2.90. The molecule has 0 aliphatic carbocycles. The fourth-order valence-electron chi connectivity index (χ4n) is 1.91. The van der Waals surface area contributed by atoms with E-state index < -0.39 is 10.8 Å². The lowest BCUT2D eigenvalue weighted by Crippen LogP contribution is -2.37. The van der Waals surface area contributed by atoms with Crippen molar-refractivity contribution in [2.24, 2.45) is 0 Å². The van der Waals surface area contributed by atoms with Crippen molar-refractivity contribution < 1.29 is 4.21 Å². The summed E-state index contributed by atoms with van der Waals surface area (Å²) in [5, 5.41) is 3.27. The van der Waals surface area contributed by atoms with Crippen molar-refractivity contribution in [3.05, 3.63) is 24.0 Å². The average molecular weight is 253 g/mol. The predicted molar refractivity (Wildman–Crippen MR) is 71.7 cm³/mol. The summed E-state index contributed by atoms with van der Waals surface area (Å²) in [4.78, 5) is 6.63. The Bertz CT molecular complexity index is 387. The molecule has 0 amide bonds. The van der Waals surface area contributed by atoms with Crippen molar-refractivity contribution in [3.63, 3.8) is 0 Å². The van der Waals surface area contributed by atoms with Gasteiger partial charge in [0.25, 0.3) is 0 Å². The molecule has 0 aromatic carbocycles. The third-order valence-corrected chi connectivity index (χ3v) is 4.17. The van der Waals surface area contributed by atoms with Crippen LogP contribution in [-0.4, -0.2) is 40.3 Å². The molecular formula is C12H19N3OS. The Hall–Kier alpha value is -0.940. The summed E-state index contributed by atoms with van der Waals surface area (Å²) < 4.78 is 11.3. The fourth-order valence-corrected chi connectivity index (χ4v) is 2.96. The van der Waals surface area contributed by atoms with Gasteiger partial charge >= 0.3 is 0 Å². The number of aromatic nitrogens is 1. The molecule has 1 aromatic heterocycles. The quantitative estimate of drug-likeness (QED) is 0.860. The molecule has 1 aliphatic rings. The zero-order valence-corrected chi connectivity index (χ0v) is 11.0. The summed E-state index contributed by atoms with van der Waals surface area (Å²) in [6.07, 6.45) is 1.85. The Morgan fingerprint density at radius 2 is 2.24 bits per heavy atom. The first-order valence-corrected chi connectivity index (χ1v) is 7.54. The molecule has 17 heavy (non-hydrogen) atoms. The van der Waals surface area contributed by atoms with E-state index in [2.05, 4.69) is 28.2 Å². The average Bonchev–Trinajstić information content (AvgIpc) is 2.37. The minimum atomic E-state index is -0.614. The van der Waals surface area contributed by atoms with Crippen LogP contribution in [0.15, 0.2) is 18.3 Å². The summed E-state index contributed by atoms with van der Waals surface area (Å²) in [6.45, 7) is 5.62. The minimum Gasteiger partial charge on any atom is -0.370 e. The van der Waals surface area contributed by atoms with Crippen LogP contribution in [0.3, 0.4) is 0 Å². The molecule has 94 valence electrons.